The molecule has 1 fully saturated rings. The van der Waals surface area contributed by atoms with Crippen LogP contribution >= 0.6 is 0 Å². The molecule has 0 bridgehead atoms. The van der Waals surface area contributed by atoms with Crippen molar-refractivity contribution in [2.75, 3.05) is 5.32 Å². The minimum atomic E-state index is -0.804. The third-order valence-corrected chi connectivity index (χ3v) is 4.37. The van der Waals surface area contributed by atoms with Crippen molar-refractivity contribution in [3.05, 3.63) is 54.6 Å². The first-order valence-electron chi connectivity index (χ1n) is 8.31. The number of amides is 1. The Morgan fingerprint density at radius 3 is 2.38 bits per heavy atom. The Bertz CT molecular complexity index is 723. The van der Waals surface area contributed by atoms with Gasteiger partial charge in [-0.3, -0.25) is 9.59 Å². The van der Waals surface area contributed by atoms with Crippen molar-refractivity contribution >= 4 is 17.6 Å². The second kappa shape index (κ2) is 7.30. The summed E-state index contributed by atoms with van der Waals surface area (Å²) in [6, 6.07) is 17.4. The molecule has 4 heteroatoms. The van der Waals surface area contributed by atoms with Crippen molar-refractivity contribution in [1.29, 1.82) is 0 Å². The first kappa shape index (κ1) is 16.2. The predicted octanol–water partition coefficient (Wildman–Crippen LogP) is 4.02. The number of nitrogens with one attached hydrogen (secondary N) is 1. The Hall–Kier alpha value is -2.62. The number of rotatable bonds is 5. The zero-order chi connectivity index (χ0) is 16.9. The molecule has 0 saturated heterocycles. The molecule has 0 unspecified atom stereocenters. The number of anilines is 1. The summed E-state index contributed by atoms with van der Waals surface area (Å²) in [6.45, 7) is 1.61. The molecule has 3 rings (SSSR count). The van der Waals surface area contributed by atoms with Crippen LogP contribution in [0.5, 0.6) is 0 Å². The molecular weight excluding hydrogens is 302 g/mol. The topological polar surface area (TPSA) is 55.4 Å². The van der Waals surface area contributed by atoms with Gasteiger partial charge < -0.3 is 10.1 Å². The van der Waals surface area contributed by atoms with Gasteiger partial charge in [0.25, 0.3) is 5.91 Å². The van der Waals surface area contributed by atoms with Gasteiger partial charge in [0.05, 0.1) is 5.92 Å². The second-order valence-electron chi connectivity index (χ2n) is 6.11. The maximum absolute atomic E-state index is 12.4. The predicted molar refractivity (Wildman–Crippen MR) is 93.4 cm³/mol. The van der Waals surface area contributed by atoms with Crippen LogP contribution in [0.1, 0.15) is 26.2 Å². The zero-order valence-electron chi connectivity index (χ0n) is 13.7. The van der Waals surface area contributed by atoms with Crippen LogP contribution in [0, 0.1) is 5.92 Å². The Labute approximate surface area is 141 Å². The van der Waals surface area contributed by atoms with E-state index in [0.717, 1.165) is 30.4 Å². The molecule has 1 amide bonds. The van der Waals surface area contributed by atoms with E-state index in [9.17, 15) is 9.59 Å². The van der Waals surface area contributed by atoms with Crippen LogP contribution in [0.25, 0.3) is 11.1 Å². The average molecular weight is 323 g/mol. The summed E-state index contributed by atoms with van der Waals surface area (Å²) in [5, 5.41) is 2.87. The average Bonchev–Trinajstić information content (AvgIpc) is 2.54. The van der Waals surface area contributed by atoms with E-state index < -0.39 is 6.10 Å². The van der Waals surface area contributed by atoms with Crippen LogP contribution in [-0.2, 0) is 14.3 Å². The van der Waals surface area contributed by atoms with Crippen LogP contribution in [0.2, 0.25) is 0 Å². The van der Waals surface area contributed by atoms with E-state index >= 15 is 0 Å². The lowest BCUT2D eigenvalue weighted by Crippen LogP contribution is -2.34. The fourth-order valence-corrected chi connectivity index (χ4v) is 2.66. The molecule has 0 heterocycles. The van der Waals surface area contributed by atoms with Gasteiger partial charge in [-0.2, -0.15) is 0 Å². The highest BCUT2D eigenvalue weighted by Gasteiger charge is 2.29. The molecule has 2 aromatic rings. The van der Waals surface area contributed by atoms with E-state index in [4.69, 9.17) is 4.74 Å². The van der Waals surface area contributed by atoms with E-state index in [1.165, 1.54) is 0 Å². The van der Waals surface area contributed by atoms with Crippen molar-refractivity contribution < 1.29 is 14.3 Å². The largest absolute Gasteiger partial charge is 0.452 e. The van der Waals surface area contributed by atoms with Crippen molar-refractivity contribution in [2.45, 2.75) is 32.3 Å². The van der Waals surface area contributed by atoms with Gasteiger partial charge in [-0.05, 0) is 31.4 Å². The summed E-state index contributed by atoms with van der Waals surface area (Å²) in [5.74, 6) is -0.608. The number of benzene rings is 2. The molecule has 124 valence electrons. The van der Waals surface area contributed by atoms with Gasteiger partial charge in [0.2, 0.25) is 0 Å². The number of esters is 1. The van der Waals surface area contributed by atoms with Gasteiger partial charge in [-0.1, -0.05) is 55.0 Å². The van der Waals surface area contributed by atoms with E-state index in [1.54, 1.807) is 6.92 Å². The molecule has 0 aromatic heterocycles. The number of ether oxygens (including phenoxy) is 1. The second-order valence-corrected chi connectivity index (χ2v) is 6.11. The number of carbonyl (C=O) groups excluding carboxylic acids is 2. The maximum atomic E-state index is 12.4. The van der Waals surface area contributed by atoms with Gasteiger partial charge in [0.15, 0.2) is 6.10 Å². The number of hydrogen-bond acceptors (Lipinski definition) is 3. The third kappa shape index (κ3) is 3.65. The fourth-order valence-electron chi connectivity index (χ4n) is 2.66. The number of carbonyl (C=O) groups is 2. The lowest BCUT2D eigenvalue weighted by Gasteiger charge is -2.25. The van der Waals surface area contributed by atoms with Crippen molar-refractivity contribution in [3.8, 4) is 11.1 Å². The molecule has 2 aromatic carbocycles. The molecule has 0 aliphatic heterocycles. The Balaban J connectivity index is 1.69. The van der Waals surface area contributed by atoms with E-state index in [-0.39, 0.29) is 17.8 Å². The molecule has 1 aliphatic rings. The Morgan fingerprint density at radius 2 is 1.71 bits per heavy atom. The highest BCUT2D eigenvalue weighted by molar-refractivity contribution is 5.98. The van der Waals surface area contributed by atoms with E-state index in [0.29, 0.717) is 5.69 Å². The lowest BCUT2D eigenvalue weighted by atomic mass is 9.86. The monoisotopic (exact) mass is 323 g/mol. The third-order valence-electron chi connectivity index (χ3n) is 4.37. The van der Waals surface area contributed by atoms with E-state index in [2.05, 4.69) is 5.32 Å². The molecule has 4 nitrogen and oxygen atoms in total. The number of para-hydroxylation sites is 1. The van der Waals surface area contributed by atoms with Crippen LogP contribution in [-0.4, -0.2) is 18.0 Å². The van der Waals surface area contributed by atoms with E-state index in [1.807, 2.05) is 54.6 Å². The van der Waals surface area contributed by atoms with Crippen LogP contribution in [0.3, 0.4) is 0 Å². The first-order chi connectivity index (χ1) is 11.6. The zero-order valence-corrected chi connectivity index (χ0v) is 13.7. The molecule has 0 spiro atoms. The molecule has 0 radical (unpaired) electrons. The van der Waals surface area contributed by atoms with Gasteiger partial charge >= 0.3 is 5.97 Å². The molecule has 1 aliphatic carbocycles. The summed E-state index contributed by atoms with van der Waals surface area (Å²) in [4.78, 5) is 24.3. The van der Waals surface area contributed by atoms with Crippen LogP contribution in [0.4, 0.5) is 5.69 Å². The molecule has 1 N–H and O–H groups in total. The Kier molecular flexibility index (Phi) is 4.94. The van der Waals surface area contributed by atoms with Crippen LogP contribution in [0.15, 0.2) is 54.6 Å². The lowest BCUT2D eigenvalue weighted by molar-refractivity contribution is -0.159. The minimum absolute atomic E-state index is 0.0307. The Morgan fingerprint density at radius 1 is 1.04 bits per heavy atom. The highest BCUT2D eigenvalue weighted by Crippen LogP contribution is 2.29. The fraction of sp³-hybridized carbons (Fsp3) is 0.300. The molecule has 24 heavy (non-hydrogen) atoms. The highest BCUT2D eigenvalue weighted by atomic mass is 16.5. The molecule has 1 saturated carbocycles. The van der Waals surface area contributed by atoms with Crippen molar-refractivity contribution in [1.82, 2.24) is 0 Å². The standard InChI is InChI=1S/C20H21NO3/c1-14(24-20(23)16-10-7-11-16)19(22)21-18-13-6-5-12-17(18)15-8-3-2-4-9-15/h2-6,8-9,12-14,16H,7,10-11H2,1H3,(H,21,22)/t14-/m1/s1. The molecular formula is C20H21NO3. The summed E-state index contributed by atoms with van der Waals surface area (Å²) in [7, 11) is 0. The van der Waals surface area contributed by atoms with Gasteiger partial charge in [-0.25, -0.2) is 0 Å². The van der Waals surface area contributed by atoms with Crippen molar-refractivity contribution in [2.24, 2.45) is 5.92 Å². The summed E-state index contributed by atoms with van der Waals surface area (Å²) in [6.07, 6.45) is 1.99. The van der Waals surface area contributed by atoms with Gasteiger partial charge in [0.1, 0.15) is 0 Å². The first-order valence-corrected chi connectivity index (χ1v) is 8.31. The SMILES string of the molecule is C[C@@H](OC(=O)C1CCC1)C(=O)Nc1ccccc1-c1ccccc1. The van der Waals surface area contributed by atoms with Crippen molar-refractivity contribution in [3.63, 3.8) is 0 Å². The quantitative estimate of drug-likeness (QED) is 0.845. The summed E-state index contributed by atoms with van der Waals surface area (Å²) >= 11 is 0. The summed E-state index contributed by atoms with van der Waals surface area (Å²) < 4.78 is 5.28. The normalized spacial score (nSPS) is 15.2. The van der Waals surface area contributed by atoms with Gasteiger partial charge in [0, 0.05) is 11.3 Å². The smallest absolute Gasteiger partial charge is 0.309 e. The van der Waals surface area contributed by atoms with Gasteiger partial charge in [-0.15, -0.1) is 0 Å². The minimum Gasteiger partial charge on any atom is -0.452 e. The van der Waals surface area contributed by atoms with Crippen LogP contribution < -0.4 is 5.32 Å². The number of hydrogen-bond donors (Lipinski definition) is 1. The molecule has 1 atom stereocenters. The summed E-state index contributed by atoms with van der Waals surface area (Å²) in [5.41, 5.74) is 2.66. The maximum Gasteiger partial charge on any atom is 0.309 e.